The van der Waals surface area contributed by atoms with Crippen LogP contribution in [-0.4, -0.2) is 48.6 Å². The number of piperidine rings is 1. The summed E-state index contributed by atoms with van der Waals surface area (Å²) in [7, 11) is 0. The molecule has 146 valence electrons. The number of rotatable bonds is 6. The molecule has 1 amide bonds. The third kappa shape index (κ3) is 4.36. The Bertz CT molecular complexity index is 967. The zero-order chi connectivity index (χ0) is 19.3. The van der Waals surface area contributed by atoms with E-state index in [1.807, 2.05) is 22.4 Å². The molecule has 28 heavy (non-hydrogen) atoms. The summed E-state index contributed by atoms with van der Waals surface area (Å²) in [5, 5.41) is 6.02. The molecule has 0 aliphatic carbocycles. The minimum Gasteiger partial charge on any atom is -0.342 e. The van der Waals surface area contributed by atoms with Gasteiger partial charge in [0, 0.05) is 38.0 Å². The third-order valence-corrected chi connectivity index (χ3v) is 5.83. The third-order valence-electron chi connectivity index (χ3n) is 4.94. The monoisotopic (exact) mass is 398 g/mol. The van der Waals surface area contributed by atoms with Gasteiger partial charge in [0.05, 0.1) is 10.6 Å². The van der Waals surface area contributed by atoms with Crippen molar-refractivity contribution in [3.05, 3.63) is 52.4 Å². The molecule has 1 N–H and O–H groups in total. The normalized spacial score (nSPS) is 17.0. The van der Waals surface area contributed by atoms with Crippen LogP contribution in [0.1, 0.15) is 37.4 Å². The van der Waals surface area contributed by atoms with E-state index in [-0.39, 0.29) is 17.4 Å². The molecule has 0 bridgehead atoms. The fraction of sp³-hybridized carbons (Fsp3) is 0.421. The van der Waals surface area contributed by atoms with Crippen molar-refractivity contribution in [3.63, 3.8) is 0 Å². The topological polar surface area (TPSA) is 96.8 Å². The summed E-state index contributed by atoms with van der Waals surface area (Å²) in [4.78, 5) is 39.1. The molecule has 0 aromatic carbocycles. The molecule has 3 aromatic rings. The fourth-order valence-corrected chi connectivity index (χ4v) is 4.23. The largest absolute Gasteiger partial charge is 0.342 e. The first-order valence-corrected chi connectivity index (χ1v) is 10.3. The Labute approximate surface area is 166 Å². The van der Waals surface area contributed by atoms with Gasteiger partial charge in [-0.3, -0.25) is 14.3 Å². The molecule has 4 rings (SSSR count). The molecular formula is C19H22N6O2S. The molecule has 1 fully saturated rings. The highest BCUT2D eigenvalue weighted by Gasteiger charge is 2.26. The van der Waals surface area contributed by atoms with Gasteiger partial charge in [-0.2, -0.15) is 5.10 Å². The summed E-state index contributed by atoms with van der Waals surface area (Å²) in [5.74, 6) is 0.873. The predicted octanol–water partition coefficient (Wildman–Crippen LogP) is 2.28. The molecule has 4 heterocycles. The van der Waals surface area contributed by atoms with Crippen LogP contribution >= 0.6 is 11.3 Å². The average Bonchev–Trinajstić information content (AvgIpc) is 3.42. The van der Waals surface area contributed by atoms with E-state index in [1.165, 1.54) is 12.4 Å². The number of thiophene rings is 1. The number of H-pyrrole nitrogens is 1. The maximum Gasteiger partial charge on any atom is 0.251 e. The van der Waals surface area contributed by atoms with E-state index in [4.69, 9.17) is 0 Å². The minimum absolute atomic E-state index is 0.0561. The number of aryl methyl sites for hydroxylation is 1. The van der Waals surface area contributed by atoms with Gasteiger partial charge >= 0.3 is 0 Å². The highest BCUT2D eigenvalue weighted by atomic mass is 32.1. The average molecular weight is 398 g/mol. The molecule has 8 nitrogen and oxygen atoms in total. The van der Waals surface area contributed by atoms with Crippen LogP contribution in [0, 0.1) is 0 Å². The number of likely N-dealkylation sites (tertiary alicyclic amines) is 1. The zero-order valence-corrected chi connectivity index (χ0v) is 16.3. The van der Waals surface area contributed by atoms with Crippen LogP contribution in [-0.2, 0) is 11.3 Å². The fourth-order valence-electron chi connectivity index (χ4n) is 3.55. The van der Waals surface area contributed by atoms with Crippen LogP contribution in [0.2, 0.25) is 0 Å². The Hall–Kier alpha value is -2.81. The lowest BCUT2D eigenvalue weighted by molar-refractivity contribution is -0.132. The maximum absolute atomic E-state index is 12.6. The minimum atomic E-state index is -0.148. The standard InChI is InChI=1S/C19H22N6O2S/c26-17-10-15(16-5-3-9-28-16)22-19(23-17)14-4-1-7-24(11-14)18(27)6-2-8-25-13-20-12-21-25/h3,5,9-10,12-14H,1-2,4,6-8,11H2,(H,22,23,26)/t14-/m1/s1. The Kier molecular flexibility index (Phi) is 5.61. The molecule has 3 aromatic heterocycles. The Morgan fingerprint density at radius 2 is 2.32 bits per heavy atom. The summed E-state index contributed by atoms with van der Waals surface area (Å²) < 4.78 is 1.73. The number of nitrogens with zero attached hydrogens (tertiary/aromatic N) is 5. The number of nitrogens with one attached hydrogen (secondary N) is 1. The zero-order valence-electron chi connectivity index (χ0n) is 15.5. The smallest absolute Gasteiger partial charge is 0.251 e. The van der Waals surface area contributed by atoms with Crippen molar-refractivity contribution in [1.29, 1.82) is 0 Å². The van der Waals surface area contributed by atoms with E-state index in [1.54, 1.807) is 22.3 Å². The van der Waals surface area contributed by atoms with E-state index in [0.717, 1.165) is 30.7 Å². The number of carbonyl (C=O) groups is 1. The number of carbonyl (C=O) groups excluding carboxylic acids is 1. The van der Waals surface area contributed by atoms with Gasteiger partial charge in [0.15, 0.2) is 0 Å². The van der Waals surface area contributed by atoms with Gasteiger partial charge in [0.25, 0.3) is 5.56 Å². The SMILES string of the molecule is O=C(CCCn1cncn1)N1CCC[C@@H](c2nc(-c3cccs3)cc(=O)[nH]2)C1. The van der Waals surface area contributed by atoms with Crippen molar-refractivity contribution < 1.29 is 4.79 Å². The summed E-state index contributed by atoms with van der Waals surface area (Å²) in [6.07, 6.45) is 6.18. The maximum atomic E-state index is 12.6. The molecule has 1 atom stereocenters. The highest BCUT2D eigenvalue weighted by Crippen LogP contribution is 2.27. The van der Waals surface area contributed by atoms with Crippen LogP contribution < -0.4 is 5.56 Å². The molecule has 1 aliphatic heterocycles. The van der Waals surface area contributed by atoms with E-state index in [2.05, 4.69) is 20.1 Å². The van der Waals surface area contributed by atoms with E-state index < -0.39 is 0 Å². The van der Waals surface area contributed by atoms with Gasteiger partial charge in [-0.25, -0.2) is 9.97 Å². The van der Waals surface area contributed by atoms with Gasteiger partial charge in [-0.1, -0.05) is 6.07 Å². The molecule has 0 spiro atoms. The van der Waals surface area contributed by atoms with Crippen LogP contribution in [0.15, 0.2) is 41.0 Å². The van der Waals surface area contributed by atoms with Crippen molar-refractivity contribution in [3.8, 4) is 10.6 Å². The van der Waals surface area contributed by atoms with E-state index in [9.17, 15) is 9.59 Å². The molecule has 1 saturated heterocycles. The van der Waals surface area contributed by atoms with Crippen LogP contribution in [0.5, 0.6) is 0 Å². The first kappa shape index (κ1) is 18.5. The van der Waals surface area contributed by atoms with Crippen molar-refractivity contribution in [1.82, 2.24) is 29.6 Å². The molecule has 0 saturated carbocycles. The lowest BCUT2D eigenvalue weighted by Crippen LogP contribution is -2.39. The highest BCUT2D eigenvalue weighted by molar-refractivity contribution is 7.13. The second-order valence-electron chi connectivity index (χ2n) is 6.93. The number of amides is 1. The van der Waals surface area contributed by atoms with Gasteiger partial charge in [-0.15, -0.1) is 11.3 Å². The molecule has 1 aliphatic rings. The van der Waals surface area contributed by atoms with Gasteiger partial charge in [-0.05, 0) is 30.7 Å². The summed E-state index contributed by atoms with van der Waals surface area (Å²) in [6.45, 7) is 2.03. The van der Waals surface area contributed by atoms with Crippen molar-refractivity contribution in [2.75, 3.05) is 13.1 Å². The quantitative estimate of drug-likeness (QED) is 0.687. The van der Waals surface area contributed by atoms with E-state index in [0.29, 0.717) is 31.0 Å². The van der Waals surface area contributed by atoms with Crippen molar-refractivity contribution >= 4 is 17.2 Å². The Balaban J connectivity index is 1.40. The van der Waals surface area contributed by atoms with Crippen LogP contribution in [0.25, 0.3) is 10.6 Å². The number of hydrogen-bond acceptors (Lipinski definition) is 6. The van der Waals surface area contributed by atoms with Crippen LogP contribution in [0.4, 0.5) is 0 Å². The first-order valence-electron chi connectivity index (χ1n) is 9.44. The number of aromatic nitrogens is 5. The summed E-state index contributed by atoms with van der Waals surface area (Å²) in [5.41, 5.74) is 0.551. The molecule has 0 radical (unpaired) electrons. The second-order valence-corrected chi connectivity index (χ2v) is 7.88. The first-order chi connectivity index (χ1) is 13.7. The van der Waals surface area contributed by atoms with Gasteiger partial charge < -0.3 is 9.88 Å². The Morgan fingerprint density at radius 1 is 1.39 bits per heavy atom. The molecule has 9 heteroatoms. The predicted molar refractivity (Wildman–Crippen MR) is 106 cm³/mol. The van der Waals surface area contributed by atoms with Crippen LogP contribution in [0.3, 0.4) is 0 Å². The van der Waals surface area contributed by atoms with Gasteiger partial charge in [0.2, 0.25) is 5.91 Å². The summed E-state index contributed by atoms with van der Waals surface area (Å²) in [6, 6.07) is 5.44. The number of aromatic amines is 1. The molecular weight excluding hydrogens is 376 g/mol. The Morgan fingerprint density at radius 3 is 3.11 bits per heavy atom. The second kappa shape index (κ2) is 8.47. The number of hydrogen-bond donors (Lipinski definition) is 1. The van der Waals surface area contributed by atoms with Gasteiger partial charge in [0.1, 0.15) is 18.5 Å². The summed E-state index contributed by atoms with van der Waals surface area (Å²) >= 11 is 1.56. The molecule has 0 unspecified atom stereocenters. The van der Waals surface area contributed by atoms with Crippen molar-refractivity contribution in [2.24, 2.45) is 0 Å². The van der Waals surface area contributed by atoms with E-state index >= 15 is 0 Å². The lowest BCUT2D eigenvalue weighted by atomic mass is 9.96. The van der Waals surface area contributed by atoms with Crippen molar-refractivity contribution in [2.45, 2.75) is 38.1 Å². The lowest BCUT2D eigenvalue weighted by Gasteiger charge is -2.32.